The first-order chi connectivity index (χ1) is 15.0. The Kier molecular flexibility index (Phi) is 12.1. The predicted octanol–water partition coefficient (Wildman–Crippen LogP) is 5.53. The first-order valence-electron chi connectivity index (χ1n) is 11.0. The summed E-state index contributed by atoms with van der Waals surface area (Å²) < 4.78 is 29.6. The zero-order valence-electron chi connectivity index (χ0n) is 19.5. The Morgan fingerprint density at radius 1 is 1.00 bits per heavy atom. The lowest BCUT2D eigenvalue weighted by Crippen LogP contribution is -2.26. The van der Waals surface area contributed by atoms with Crippen molar-refractivity contribution in [1.29, 1.82) is 0 Å². The third kappa shape index (κ3) is 11.4. The summed E-state index contributed by atoms with van der Waals surface area (Å²) in [6, 6.07) is 12.9. The fourth-order valence-electron chi connectivity index (χ4n) is 3.03. The summed E-state index contributed by atoms with van der Waals surface area (Å²) in [5, 5.41) is 10.6. The average Bonchev–Trinajstić information content (AvgIpc) is 2.73. The molecule has 0 aromatic heterocycles. The maximum atomic E-state index is 10.6. The molecule has 2 aromatic rings. The Hall–Kier alpha value is -2.29. The maximum Gasteiger partial charge on any atom is 0.294 e. The number of aryl methyl sites for hydroxylation is 2. The van der Waals surface area contributed by atoms with E-state index in [0.717, 1.165) is 37.4 Å². The van der Waals surface area contributed by atoms with Gasteiger partial charge in [0.1, 0.15) is 0 Å². The lowest BCUT2D eigenvalue weighted by molar-refractivity contribution is -0.384. The number of non-ortho nitro benzene ring substituents is 1. The fraction of sp³-hybridized carbons (Fsp3) is 0.500. The van der Waals surface area contributed by atoms with Crippen LogP contribution in [-0.2, 0) is 16.5 Å². The third-order valence-corrected chi connectivity index (χ3v) is 5.99. The van der Waals surface area contributed by atoms with Crippen LogP contribution in [0.5, 0.6) is 0 Å². The highest BCUT2D eigenvalue weighted by atomic mass is 32.2. The molecule has 0 saturated heterocycles. The Morgan fingerprint density at radius 2 is 1.59 bits per heavy atom. The van der Waals surface area contributed by atoms with Gasteiger partial charge >= 0.3 is 0 Å². The second kappa shape index (κ2) is 14.0. The van der Waals surface area contributed by atoms with Crippen LogP contribution in [-0.4, -0.2) is 42.4 Å². The number of benzene rings is 2. The zero-order valence-corrected chi connectivity index (χ0v) is 20.3. The highest BCUT2D eigenvalue weighted by Crippen LogP contribution is 2.14. The van der Waals surface area contributed by atoms with Gasteiger partial charge < -0.3 is 4.90 Å². The standard InChI is InChI=1S/C17H28N2O2.C7H8O3S/c1-4-18(14-12-15(2)3)13-6-5-7-16-8-10-17(11-9-16)19(20)21;1-6-2-4-7(5-3-6)11(8,9)10/h8-11,15H,4-7,12-14H2,1-3H3;2-5H,1H3,(H,8,9,10). The number of hydrogen-bond acceptors (Lipinski definition) is 5. The van der Waals surface area contributed by atoms with Crippen molar-refractivity contribution in [1.82, 2.24) is 4.90 Å². The van der Waals surface area contributed by atoms with E-state index >= 15 is 0 Å². The highest BCUT2D eigenvalue weighted by Gasteiger charge is 2.07. The van der Waals surface area contributed by atoms with Crippen LogP contribution in [0.3, 0.4) is 0 Å². The number of nitro groups is 1. The van der Waals surface area contributed by atoms with Crippen LogP contribution in [0.4, 0.5) is 5.69 Å². The van der Waals surface area contributed by atoms with Crippen molar-refractivity contribution < 1.29 is 17.9 Å². The van der Waals surface area contributed by atoms with Gasteiger partial charge in [0.05, 0.1) is 9.82 Å². The van der Waals surface area contributed by atoms with Gasteiger partial charge in [0.2, 0.25) is 0 Å². The van der Waals surface area contributed by atoms with Crippen LogP contribution in [0, 0.1) is 23.0 Å². The van der Waals surface area contributed by atoms with Crippen LogP contribution >= 0.6 is 0 Å². The fourth-order valence-corrected chi connectivity index (χ4v) is 3.51. The van der Waals surface area contributed by atoms with E-state index in [1.807, 2.05) is 19.1 Å². The molecule has 7 nitrogen and oxygen atoms in total. The van der Waals surface area contributed by atoms with Crippen molar-refractivity contribution in [3.05, 3.63) is 69.8 Å². The minimum absolute atomic E-state index is 0.0666. The van der Waals surface area contributed by atoms with E-state index in [4.69, 9.17) is 4.55 Å². The van der Waals surface area contributed by atoms with E-state index in [1.165, 1.54) is 37.1 Å². The molecule has 0 atom stereocenters. The van der Waals surface area contributed by atoms with E-state index in [2.05, 4.69) is 25.7 Å². The van der Waals surface area contributed by atoms with Crippen LogP contribution < -0.4 is 0 Å². The van der Waals surface area contributed by atoms with Gasteiger partial charge in [-0.1, -0.05) is 50.6 Å². The molecular weight excluding hydrogens is 428 g/mol. The summed E-state index contributed by atoms with van der Waals surface area (Å²) in [4.78, 5) is 12.7. The Bertz CT molecular complexity index is 910. The molecule has 0 fully saturated rings. The van der Waals surface area contributed by atoms with Gasteiger partial charge in [-0.15, -0.1) is 0 Å². The normalized spacial score (nSPS) is 11.3. The van der Waals surface area contributed by atoms with Crippen LogP contribution in [0.15, 0.2) is 53.4 Å². The second-order valence-corrected chi connectivity index (χ2v) is 9.71. The summed E-state index contributed by atoms with van der Waals surface area (Å²) in [6.07, 6.45) is 4.58. The summed E-state index contributed by atoms with van der Waals surface area (Å²) in [5.74, 6) is 0.763. The third-order valence-electron chi connectivity index (χ3n) is 5.13. The SMILES string of the molecule is CCN(CCCCc1ccc([N+](=O)[O-])cc1)CCC(C)C.Cc1ccc(S(=O)(=O)O)cc1. The molecule has 8 heteroatoms. The quantitative estimate of drug-likeness (QED) is 0.203. The Morgan fingerprint density at radius 3 is 2.06 bits per heavy atom. The molecule has 2 aromatic carbocycles. The molecule has 1 N–H and O–H groups in total. The van der Waals surface area contributed by atoms with E-state index < -0.39 is 10.1 Å². The van der Waals surface area contributed by atoms with Gasteiger partial charge in [-0.3, -0.25) is 14.7 Å². The summed E-state index contributed by atoms with van der Waals surface area (Å²) in [7, 11) is -4.02. The van der Waals surface area contributed by atoms with Gasteiger partial charge in [0.25, 0.3) is 15.8 Å². The molecule has 0 aliphatic carbocycles. The van der Waals surface area contributed by atoms with E-state index in [9.17, 15) is 18.5 Å². The molecule has 0 spiro atoms. The molecule has 0 unspecified atom stereocenters. The van der Waals surface area contributed by atoms with Crippen LogP contribution in [0.2, 0.25) is 0 Å². The molecule has 0 saturated carbocycles. The van der Waals surface area contributed by atoms with Crippen LogP contribution in [0.1, 0.15) is 51.2 Å². The van der Waals surface area contributed by atoms with Crippen molar-refractivity contribution >= 4 is 15.8 Å². The van der Waals surface area contributed by atoms with Gasteiger partial charge in [-0.25, -0.2) is 0 Å². The summed E-state index contributed by atoms with van der Waals surface area (Å²) in [5.41, 5.74) is 2.31. The molecule has 32 heavy (non-hydrogen) atoms. The number of nitrogens with zero attached hydrogens (tertiary/aromatic N) is 2. The molecule has 0 aliphatic rings. The number of unbranched alkanes of at least 4 members (excludes halogenated alkanes) is 1. The zero-order chi connectivity index (χ0) is 24.1. The van der Waals surface area contributed by atoms with Gasteiger partial charge in [-0.05, 0) is 75.9 Å². The second-order valence-electron chi connectivity index (χ2n) is 8.29. The van der Waals surface area contributed by atoms with Crippen molar-refractivity contribution in [3.8, 4) is 0 Å². The topological polar surface area (TPSA) is 101 Å². The van der Waals surface area contributed by atoms with Crippen molar-refractivity contribution in [2.24, 2.45) is 5.92 Å². The minimum Gasteiger partial charge on any atom is -0.304 e. The van der Waals surface area contributed by atoms with E-state index in [1.54, 1.807) is 24.3 Å². The number of rotatable bonds is 11. The van der Waals surface area contributed by atoms with Gasteiger partial charge in [0.15, 0.2) is 0 Å². The number of hydrogen-bond donors (Lipinski definition) is 1. The predicted molar refractivity (Wildman–Crippen MR) is 129 cm³/mol. The molecule has 0 heterocycles. The highest BCUT2D eigenvalue weighted by molar-refractivity contribution is 7.85. The largest absolute Gasteiger partial charge is 0.304 e. The summed E-state index contributed by atoms with van der Waals surface area (Å²) >= 11 is 0. The van der Waals surface area contributed by atoms with E-state index in [0.29, 0.717) is 0 Å². The lowest BCUT2D eigenvalue weighted by atomic mass is 10.1. The monoisotopic (exact) mass is 464 g/mol. The summed E-state index contributed by atoms with van der Waals surface area (Å²) in [6.45, 7) is 12.0. The van der Waals surface area contributed by atoms with Gasteiger partial charge in [0, 0.05) is 12.1 Å². The van der Waals surface area contributed by atoms with Gasteiger partial charge in [-0.2, -0.15) is 8.42 Å². The van der Waals surface area contributed by atoms with E-state index in [-0.39, 0.29) is 15.5 Å². The smallest absolute Gasteiger partial charge is 0.294 e. The Labute approximate surface area is 192 Å². The molecule has 0 radical (unpaired) electrons. The molecule has 0 aliphatic heterocycles. The average molecular weight is 465 g/mol. The molecule has 0 bridgehead atoms. The lowest BCUT2D eigenvalue weighted by Gasteiger charge is -2.21. The number of nitro benzene ring substituents is 1. The minimum atomic E-state index is -4.02. The first kappa shape index (κ1) is 27.7. The first-order valence-corrected chi connectivity index (χ1v) is 12.5. The van der Waals surface area contributed by atoms with Crippen LogP contribution in [0.25, 0.3) is 0 Å². The van der Waals surface area contributed by atoms with Crippen molar-refractivity contribution in [2.75, 3.05) is 19.6 Å². The molecule has 2 rings (SSSR count). The Balaban J connectivity index is 0.000000389. The molecule has 0 amide bonds. The maximum absolute atomic E-state index is 10.6. The van der Waals surface area contributed by atoms with Crippen molar-refractivity contribution in [3.63, 3.8) is 0 Å². The van der Waals surface area contributed by atoms with Crippen molar-refractivity contribution in [2.45, 2.75) is 58.3 Å². The molecule has 178 valence electrons. The molecular formula is C24H36N2O5S.